The fraction of sp³-hybridized carbons (Fsp3) is 0.286. The van der Waals surface area contributed by atoms with Crippen molar-refractivity contribution in [3.63, 3.8) is 0 Å². The number of halogens is 1. The summed E-state index contributed by atoms with van der Waals surface area (Å²) in [4.78, 5) is 0. The van der Waals surface area contributed by atoms with Gasteiger partial charge in [0.15, 0.2) is 5.71 Å². The summed E-state index contributed by atoms with van der Waals surface area (Å²) in [5.74, 6) is 0.316. The molecule has 0 bridgehead atoms. The second-order valence-electron chi connectivity index (χ2n) is 6.54. The summed E-state index contributed by atoms with van der Waals surface area (Å²) < 4.78 is 2.41. The maximum Gasteiger partial charge on any atom is 0.209 e. The van der Waals surface area contributed by atoms with Gasteiger partial charge in [-0.25, -0.2) is 0 Å². The zero-order valence-corrected chi connectivity index (χ0v) is 16.6. The smallest absolute Gasteiger partial charge is 0.209 e. The van der Waals surface area contributed by atoms with Gasteiger partial charge < -0.3 is 29.1 Å². The van der Waals surface area contributed by atoms with Gasteiger partial charge in [-0.1, -0.05) is 36.4 Å². The van der Waals surface area contributed by atoms with Gasteiger partial charge in [-0.2, -0.15) is 4.58 Å². The fourth-order valence-electron chi connectivity index (χ4n) is 3.42. The fourth-order valence-corrected chi connectivity index (χ4v) is 3.42. The average Bonchev–Trinajstić information content (AvgIpc) is 2.77. The Morgan fingerprint density at radius 2 is 1.71 bits per heavy atom. The van der Waals surface area contributed by atoms with E-state index in [1.165, 1.54) is 22.5 Å². The molecular formula is C21H24INO. The molecule has 0 fully saturated rings. The number of phenols is 1. The Balaban J connectivity index is 0.00000208. The largest absolute Gasteiger partial charge is 1.00 e. The van der Waals surface area contributed by atoms with Crippen molar-refractivity contribution < 1.29 is 33.7 Å². The molecule has 0 saturated carbocycles. The number of aromatic hydroxyl groups is 1. The Hall–Kier alpha value is -1.62. The maximum absolute atomic E-state index is 9.36. The molecule has 0 saturated heterocycles. The number of fused-ring (bicyclic) bond motifs is 1. The third-order valence-corrected chi connectivity index (χ3v) is 4.68. The molecule has 3 heteroatoms. The van der Waals surface area contributed by atoms with Crippen molar-refractivity contribution in [3.05, 3.63) is 71.8 Å². The number of phenolic OH excluding ortho intramolecular Hbond substituents is 1. The van der Waals surface area contributed by atoms with Crippen LogP contribution in [0.3, 0.4) is 0 Å². The van der Waals surface area contributed by atoms with Gasteiger partial charge in [-0.3, -0.25) is 0 Å². The van der Waals surface area contributed by atoms with Crippen LogP contribution >= 0.6 is 0 Å². The number of rotatable bonds is 4. The van der Waals surface area contributed by atoms with Crippen molar-refractivity contribution in [1.82, 2.24) is 0 Å². The Bertz CT molecular complexity index is 773. The Morgan fingerprint density at radius 3 is 2.38 bits per heavy atom. The minimum atomic E-state index is 0. The number of para-hydroxylation sites is 1. The molecule has 0 spiro atoms. The highest BCUT2D eigenvalue weighted by Gasteiger charge is 2.43. The van der Waals surface area contributed by atoms with Gasteiger partial charge in [-0.05, 0) is 44.9 Å². The highest BCUT2D eigenvalue weighted by Crippen LogP contribution is 2.39. The molecule has 0 unspecified atom stereocenters. The van der Waals surface area contributed by atoms with Crippen LogP contribution < -0.4 is 24.0 Å². The van der Waals surface area contributed by atoms with Crippen LogP contribution in [-0.2, 0) is 11.8 Å². The van der Waals surface area contributed by atoms with Gasteiger partial charge in [0.05, 0.1) is 5.41 Å². The molecule has 0 aromatic heterocycles. The molecule has 0 aliphatic carbocycles. The zero-order chi connectivity index (χ0) is 16.4. The summed E-state index contributed by atoms with van der Waals surface area (Å²) in [6.07, 6.45) is 5.35. The minimum Gasteiger partial charge on any atom is -1.00 e. The van der Waals surface area contributed by atoms with E-state index < -0.39 is 0 Å². The van der Waals surface area contributed by atoms with Crippen molar-refractivity contribution in [1.29, 1.82) is 0 Å². The molecule has 126 valence electrons. The van der Waals surface area contributed by atoms with E-state index in [2.05, 4.69) is 61.8 Å². The molecule has 1 aliphatic heterocycles. The van der Waals surface area contributed by atoms with Crippen molar-refractivity contribution in [2.75, 3.05) is 6.54 Å². The van der Waals surface area contributed by atoms with E-state index >= 15 is 0 Å². The zero-order valence-electron chi connectivity index (χ0n) is 14.5. The van der Waals surface area contributed by atoms with E-state index in [1.807, 2.05) is 12.1 Å². The van der Waals surface area contributed by atoms with Crippen LogP contribution in [0.25, 0.3) is 0 Å². The van der Waals surface area contributed by atoms with Crippen LogP contribution in [0.15, 0.2) is 60.7 Å². The molecule has 1 N–H and O–H groups in total. The van der Waals surface area contributed by atoms with Gasteiger partial charge in [0.2, 0.25) is 5.69 Å². The Labute approximate surface area is 161 Å². The summed E-state index contributed by atoms with van der Waals surface area (Å²) in [6.45, 7) is 7.76. The van der Waals surface area contributed by atoms with Crippen molar-refractivity contribution in [2.24, 2.45) is 0 Å². The lowest BCUT2D eigenvalue weighted by Crippen LogP contribution is -3.00. The molecule has 24 heavy (non-hydrogen) atoms. The van der Waals surface area contributed by atoms with Crippen LogP contribution in [-0.4, -0.2) is 21.9 Å². The normalized spacial score (nSPS) is 15.5. The summed E-state index contributed by atoms with van der Waals surface area (Å²) in [5, 5.41) is 9.36. The van der Waals surface area contributed by atoms with Gasteiger partial charge in [0.25, 0.3) is 0 Å². The molecule has 0 atom stereocenters. The lowest BCUT2D eigenvalue weighted by Gasteiger charge is -2.15. The molecule has 1 heterocycles. The van der Waals surface area contributed by atoms with Crippen LogP contribution in [0.2, 0.25) is 0 Å². The predicted octanol–water partition coefficient (Wildman–Crippen LogP) is 1.59. The molecule has 0 radical (unpaired) electrons. The highest BCUT2D eigenvalue weighted by molar-refractivity contribution is 6.03. The van der Waals surface area contributed by atoms with Gasteiger partial charge in [0, 0.05) is 17.7 Å². The van der Waals surface area contributed by atoms with Crippen LogP contribution in [0.5, 0.6) is 5.75 Å². The van der Waals surface area contributed by atoms with Crippen molar-refractivity contribution >= 4 is 11.4 Å². The number of benzene rings is 2. The number of nitrogens with zero attached hydrogens (tertiary/aromatic N) is 1. The lowest BCUT2D eigenvalue weighted by atomic mass is 9.81. The van der Waals surface area contributed by atoms with E-state index in [4.69, 9.17) is 0 Å². The lowest BCUT2D eigenvalue weighted by molar-refractivity contribution is -0.433. The second-order valence-corrected chi connectivity index (χ2v) is 6.54. The standard InChI is InChI=1S/C21H23NO.HI/c1-4-22-19-10-6-5-9-18(19)21(2,3)20(22)11-7-8-16-12-14-17(23)15-13-16;/h5-7,9-15H,4,8H2,1-3H3;1H/b11-7+;. The van der Waals surface area contributed by atoms with Gasteiger partial charge in [-0.15, -0.1) is 0 Å². The molecule has 3 rings (SSSR count). The van der Waals surface area contributed by atoms with Crippen LogP contribution in [0.4, 0.5) is 5.69 Å². The topological polar surface area (TPSA) is 23.2 Å². The number of hydrogen-bond donors (Lipinski definition) is 1. The highest BCUT2D eigenvalue weighted by atomic mass is 127. The molecular weight excluding hydrogens is 409 g/mol. The molecule has 2 aromatic rings. The first-order valence-electron chi connectivity index (χ1n) is 8.23. The van der Waals surface area contributed by atoms with E-state index in [9.17, 15) is 5.11 Å². The predicted molar refractivity (Wildman–Crippen MR) is 95.9 cm³/mol. The van der Waals surface area contributed by atoms with Crippen LogP contribution in [0, 0.1) is 0 Å². The second kappa shape index (κ2) is 7.51. The number of allylic oxidation sites excluding steroid dienone is 2. The summed E-state index contributed by atoms with van der Waals surface area (Å²) >= 11 is 0. The Kier molecular flexibility index (Phi) is 5.86. The summed E-state index contributed by atoms with van der Waals surface area (Å²) in [7, 11) is 0. The minimum absolute atomic E-state index is 0. The first-order chi connectivity index (χ1) is 11.0. The summed E-state index contributed by atoms with van der Waals surface area (Å²) in [6, 6.07) is 16.1. The van der Waals surface area contributed by atoms with Gasteiger partial charge >= 0.3 is 0 Å². The third kappa shape index (κ3) is 3.41. The van der Waals surface area contributed by atoms with Gasteiger partial charge in [0.1, 0.15) is 12.3 Å². The van der Waals surface area contributed by atoms with Crippen molar-refractivity contribution in [2.45, 2.75) is 32.6 Å². The van der Waals surface area contributed by atoms with Crippen molar-refractivity contribution in [3.8, 4) is 5.75 Å². The van der Waals surface area contributed by atoms with Crippen LogP contribution in [0.1, 0.15) is 31.9 Å². The SMILES string of the molecule is CC[N+]1=C(/C=C/Cc2ccc(O)cc2)C(C)(C)c2ccccc21.[I-]. The summed E-state index contributed by atoms with van der Waals surface area (Å²) in [5.41, 5.74) is 5.30. The number of hydrogen-bond acceptors (Lipinski definition) is 1. The monoisotopic (exact) mass is 433 g/mol. The van der Waals surface area contributed by atoms with E-state index in [-0.39, 0.29) is 29.4 Å². The molecule has 0 amide bonds. The molecule has 1 aliphatic rings. The average molecular weight is 433 g/mol. The maximum atomic E-state index is 9.36. The van der Waals surface area contributed by atoms with E-state index in [0.717, 1.165) is 13.0 Å². The van der Waals surface area contributed by atoms with E-state index in [0.29, 0.717) is 5.75 Å². The molecule has 2 aromatic carbocycles. The quantitative estimate of drug-likeness (QED) is 0.575. The third-order valence-electron chi connectivity index (χ3n) is 4.68. The first kappa shape index (κ1) is 18.7. The Morgan fingerprint density at radius 1 is 1.04 bits per heavy atom. The van der Waals surface area contributed by atoms with E-state index in [1.54, 1.807) is 12.1 Å². The molecule has 2 nitrogen and oxygen atoms in total. The first-order valence-corrected chi connectivity index (χ1v) is 8.23.